The molecular weight excluding hydrogens is 601 g/mol. The van der Waals surface area contributed by atoms with Crippen LogP contribution in [-0.4, -0.2) is 19.5 Å². The Morgan fingerprint density at radius 3 is 1.73 bits per heavy atom. The molecule has 6 nitrogen and oxygen atoms in total. The van der Waals surface area contributed by atoms with Crippen LogP contribution in [0, 0.1) is 6.57 Å². The molecule has 1 aliphatic rings. The quantitative estimate of drug-likeness (QED) is 0.182. The summed E-state index contributed by atoms with van der Waals surface area (Å²) in [6.07, 6.45) is 0. The fourth-order valence-electron chi connectivity index (χ4n) is 7.34. The van der Waals surface area contributed by atoms with E-state index in [0.29, 0.717) is 23.3 Å². The van der Waals surface area contributed by atoms with E-state index in [4.69, 9.17) is 21.5 Å². The lowest BCUT2D eigenvalue weighted by Gasteiger charge is -2.42. The number of hydrogen-bond donors (Lipinski definition) is 0. The van der Waals surface area contributed by atoms with Gasteiger partial charge in [-0.1, -0.05) is 123 Å². The van der Waals surface area contributed by atoms with E-state index >= 15 is 0 Å². The van der Waals surface area contributed by atoms with Crippen LogP contribution in [0.5, 0.6) is 0 Å². The van der Waals surface area contributed by atoms with Crippen molar-refractivity contribution >= 4 is 44.6 Å². The van der Waals surface area contributed by atoms with Crippen molar-refractivity contribution in [3.63, 3.8) is 0 Å². The average molecular weight is 631 g/mol. The number of fused-ring (bicyclic) bond motifs is 5. The molecule has 0 amide bonds. The van der Waals surface area contributed by atoms with Crippen LogP contribution < -0.4 is 4.90 Å². The highest BCUT2D eigenvalue weighted by Gasteiger charge is 2.37. The van der Waals surface area contributed by atoms with Crippen LogP contribution in [0.15, 0.2) is 146 Å². The van der Waals surface area contributed by atoms with Gasteiger partial charge < -0.3 is 4.90 Å². The summed E-state index contributed by atoms with van der Waals surface area (Å²) < 4.78 is 2.12. The van der Waals surface area contributed by atoms with Gasteiger partial charge in [0, 0.05) is 27.3 Å². The van der Waals surface area contributed by atoms with E-state index in [1.165, 1.54) is 11.1 Å². The first kappa shape index (κ1) is 28.6. The largest absolute Gasteiger partial charge is 0.309 e. The summed E-state index contributed by atoms with van der Waals surface area (Å²) in [6.45, 7) is 12.5. The van der Waals surface area contributed by atoms with Crippen LogP contribution in [0.4, 0.5) is 22.7 Å². The van der Waals surface area contributed by atoms with Crippen molar-refractivity contribution in [3.8, 4) is 28.7 Å². The molecule has 0 radical (unpaired) electrons. The maximum atomic E-state index is 7.97. The van der Waals surface area contributed by atoms with E-state index in [1.807, 2.05) is 60.7 Å². The monoisotopic (exact) mass is 630 g/mol. The predicted octanol–water partition coefficient (Wildman–Crippen LogP) is 11.0. The van der Waals surface area contributed by atoms with Crippen molar-refractivity contribution in [2.45, 2.75) is 19.3 Å². The van der Waals surface area contributed by atoms with E-state index in [2.05, 4.69) is 113 Å². The number of nitrogens with zero attached hydrogens (tertiary/aromatic N) is 6. The first-order valence-electron chi connectivity index (χ1n) is 16.3. The molecule has 49 heavy (non-hydrogen) atoms. The summed E-state index contributed by atoms with van der Waals surface area (Å²) >= 11 is 0. The van der Waals surface area contributed by atoms with E-state index in [9.17, 15) is 0 Å². The van der Waals surface area contributed by atoms with Crippen molar-refractivity contribution in [2.24, 2.45) is 0 Å². The van der Waals surface area contributed by atoms with Gasteiger partial charge in [-0.05, 0) is 47.5 Å². The lowest BCUT2D eigenvalue weighted by molar-refractivity contribution is 0.632. The average Bonchev–Trinajstić information content (AvgIpc) is 3.50. The number of benzene rings is 6. The van der Waals surface area contributed by atoms with E-state index in [-0.39, 0.29) is 5.41 Å². The van der Waals surface area contributed by atoms with Crippen LogP contribution >= 0.6 is 0 Å². The first-order valence-corrected chi connectivity index (χ1v) is 16.3. The summed E-state index contributed by atoms with van der Waals surface area (Å²) in [4.78, 5) is 21.7. The molecule has 0 aliphatic carbocycles. The van der Waals surface area contributed by atoms with Crippen molar-refractivity contribution in [3.05, 3.63) is 168 Å². The Bertz CT molecular complexity index is 2510. The third kappa shape index (κ3) is 4.44. The van der Waals surface area contributed by atoms with Gasteiger partial charge in [0.15, 0.2) is 17.3 Å². The van der Waals surface area contributed by atoms with Gasteiger partial charge in [0.1, 0.15) is 0 Å². The number of para-hydroxylation sites is 4. The molecule has 0 bridgehead atoms. The highest BCUT2D eigenvalue weighted by atomic mass is 15.2. The maximum Gasteiger partial charge on any atom is 0.238 e. The normalized spacial score (nSPS) is 13.2. The molecule has 0 atom stereocenters. The molecule has 0 unspecified atom stereocenters. The Morgan fingerprint density at radius 2 is 1.10 bits per heavy atom. The van der Waals surface area contributed by atoms with E-state index < -0.39 is 0 Å². The number of aromatic nitrogens is 4. The number of rotatable bonds is 4. The lowest BCUT2D eigenvalue weighted by Crippen LogP contribution is -2.30. The Balaban J connectivity index is 1.36. The zero-order chi connectivity index (χ0) is 33.1. The molecular formula is C43H30N6. The Kier molecular flexibility index (Phi) is 6.43. The standard InChI is InChI=1S/C43H30N6/c1-43(2)33-19-9-13-23-38(33)48(39-24-14-10-20-34(39)43)37-26-25-29(44-3)27-32(37)41-45-40(28-15-5-4-6-16-28)46-42(47-41)49-35-21-11-7-17-30(35)31-18-8-12-22-36(31)49/h4-27H,1-2H3. The van der Waals surface area contributed by atoms with Crippen LogP contribution in [0.25, 0.3) is 55.4 Å². The summed E-state index contributed by atoms with van der Waals surface area (Å²) in [5.74, 6) is 1.56. The van der Waals surface area contributed by atoms with Crippen LogP contribution in [0.1, 0.15) is 25.0 Å². The van der Waals surface area contributed by atoms with Gasteiger partial charge in [0.05, 0.1) is 34.7 Å². The molecule has 0 fully saturated rings. The molecule has 8 aromatic rings. The van der Waals surface area contributed by atoms with E-state index in [0.717, 1.165) is 50.0 Å². The first-order chi connectivity index (χ1) is 24.0. The zero-order valence-corrected chi connectivity index (χ0v) is 27.0. The molecule has 0 N–H and O–H groups in total. The van der Waals surface area contributed by atoms with Crippen molar-refractivity contribution in [1.82, 2.24) is 19.5 Å². The maximum absolute atomic E-state index is 7.97. The van der Waals surface area contributed by atoms with E-state index in [1.54, 1.807) is 0 Å². The van der Waals surface area contributed by atoms with Crippen LogP contribution in [0.2, 0.25) is 0 Å². The minimum atomic E-state index is -0.211. The minimum Gasteiger partial charge on any atom is -0.309 e. The van der Waals surface area contributed by atoms with Gasteiger partial charge in [-0.2, -0.15) is 9.97 Å². The molecule has 3 heterocycles. The second-order valence-electron chi connectivity index (χ2n) is 12.8. The lowest BCUT2D eigenvalue weighted by atomic mass is 9.73. The Morgan fingerprint density at radius 1 is 0.551 bits per heavy atom. The Labute approximate surface area is 284 Å². The summed E-state index contributed by atoms with van der Waals surface area (Å²) in [5, 5.41) is 2.25. The summed E-state index contributed by atoms with van der Waals surface area (Å²) in [7, 11) is 0. The highest BCUT2D eigenvalue weighted by molar-refractivity contribution is 6.09. The van der Waals surface area contributed by atoms with Gasteiger partial charge >= 0.3 is 0 Å². The van der Waals surface area contributed by atoms with Crippen molar-refractivity contribution in [2.75, 3.05) is 4.90 Å². The molecule has 6 heteroatoms. The van der Waals surface area contributed by atoms with Crippen LogP contribution in [0.3, 0.4) is 0 Å². The van der Waals surface area contributed by atoms with Crippen molar-refractivity contribution < 1.29 is 0 Å². The second kappa shape index (κ2) is 11.0. The molecule has 0 saturated heterocycles. The van der Waals surface area contributed by atoms with Gasteiger partial charge in [-0.15, -0.1) is 0 Å². The highest BCUT2D eigenvalue weighted by Crippen LogP contribution is 2.53. The Hall–Kier alpha value is -6.58. The second-order valence-corrected chi connectivity index (χ2v) is 12.8. The smallest absolute Gasteiger partial charge is 0.238 e. The van der Waals surface area contributed by atoms with Gasteiger partial charge in [0.25, 0.3) is 0 Å². The molecule has 0 spiro atoms. The zero-order valence-electron chi connectivity index (χ0n) is 27.0. The molecule has 232 valence electrons. The topological polar surface area (TPSA) is 51.2 Å². The fraction of sp³-hybridized carbons (Fsp3) is 0.0698. The summed E-state index contributed by atoms with van der Waals surface area (Å²) in [6, 6.07) is 49.7. The molecule has 0 saturated carbocycles. The third-order valence-electron chi connectivity index (χ3n) is 9.66. The molecule has 2 aromatic heterocycles. The summed E-state index contributed by atoms with van der Waals surface area (Å²) in [5.41, 5.74) is 9.46. The van der Waals surface area contributed by atoms with Crippen molar-refractivity contribution in [1.29, 1.82) is 0 Å². The predicted molar refractivity (Wildman–Crippen MR) is 198 cm³/mol. The van der Waals surface area contributed by atoms with Gasteiger partial charge in [0.2, 0.25) is 5.95 Å². The SMILES string of the molecule is [C-]#[N+]c1ccc(N2c3ccccc3C(C)(C)c3ccccc32)c(-c2nc(-c3ccccc3)nc(-n3c4ccccc4c4ccccc43)n2)c1. The molecule has 6 aromatic carbocycles. The number of hydrogen-bond acceptors (Lipinski definition) is 4. The molecule has 1 aliphatic heterocycles. The fourth-order valence-corrected chi connectivity index (χ4v) is 7.34. The van der Waals surface area contributed by atoms with Gasteiger partial charge in [-0.3, -0.25) is 4.57 Å². The minimum absolute atomic E-state index is 0.211. The number of anilines is 3. The molecule has 9 rings (SSSR count). The van der Waals surface area contributed by atoms with Crippen LogP contribution in [-0.2, 0) is 5.41 Å². The third-order valence-corrected chi connectivity index (χ3v) is 9.66. The van der Waals surface area contributed by atoms with Gasteiger partial charge in [-0.25, -0.2) is 9.83 Å².